The van der Waals surface area contributed by atoms with Gasteiger partial charge in [-0.05, 0) is 44.1 Å². The molecule has 1 heterocycles. The zero-order valence-electron chi connectivity index (χ0n) is 12.1. The van der Waals surface area contributed by atoms with Gasteiger partial charge in [0.05, 0.1) is 11.5 Å². The van der Waals surface area contributed by atoms with Crippen molar-refractivity contribution >= 4 is 10.0 Å². The summed E-state index contributed by atoms with van der Waals surface area (Å²) in [5.41, 5.74) is -0.208. The maximum Gasteiger partial charge on any atom is 0.240 e. The van der Waals surface area contributed by atoms with Gasteiger partial charge in [-0.1, -0.05) is 6.07 Å². The van der Waals surface area contributed by atoms with Gasteiger partial charge in [0.25, 0.3) is 0 Å². The number of ether oxygens (including phenoxy) is 1. The van der Waals surface area contributed by atoms with Gasteiger partial charge in [0.2, 0.25) is 10.0 Å². The largest absolute Gasteiger partial charge is 0.384 e. The lowest BCUT2D eigenvalue weighted by atomic mass is 9.80. The van der Waals surface area contributed by atoms with Crippen molar-refractivity contribution in [2.75, 3.05) is 33.4 Å². The van der Waals surface area contributed by atoms with E-state index in [-0.39, 0.29) is 10.3 Å². The topological polar surface area (TPSA) is 67.4 Å². The molecule has 0 atom stereocenters. The van der Waals surface area contributed by atoms with Crippen molar-refractivity contribution < 1.29 is 17.5 Å². The van der Waals surface area contributed by atoms with Gasteiger partial charge in [-0.2, -0.15) is 0 Å². The Morgan fingerprint density at radius 2 is 2.10 bits per heavy atom. The molecule has 1 aromatic carbocycles. The normalized spacial score (nSPS) is 18.6. The van der Waals surface area contributed by atoms with Gasteiger partial charge < -0.3 is 10.1 Å². The van der Waals surface area contributed by atoms with Crippen LogP contribution in [-0.2, 0) is 14.8 Å². The fourth-order valence-electron chi connectivity index (χ4n) is 2.60. The zero-order chi connectivity index (χ0) is 15.3. The molecule has 0 aromatic heterocycles. The molecule has 2 N–H and O–H groups in total. The lowest BCUT2D eigenvalue weighted by molar-refractivity contribution is 0.0577. The van der Waals surface area contributed by atoms with Crippen LogP contribution in [0.1, 0.15) is 12.8 Å². The van der Waals surface area contributed by atoms with E-state index in [4.69, 9.17) is 4.74 Å². The highest BCUT2D eigenvalue weighted by Gasteiger charge is 2.33. The molecule has 1 aromatic rings. The summed E-state index contributed by atoms with van der Waals surface area (Å²) in [6.45, 7) is 2.47. The number of piperidine rings is 1. The van der Waals surface area contributed by atoms with Crippen molar-refractivity contribution in [3.63, 3.8) is 0 Å². The predicted molar refractivity (Wildman–Crippen MR) is 78.0 cm³/mol. The summed E-state index contributed by atoms with van der Waals surface area (Å²) in [6.07, 6.45) is 1.68. The first-order valence-electron chi connectivity index (χ1n) is 6.92. The molecular formula is C14H21FN2O3S. The first-order chi connectivity index (χ1) is 9.97. The summed E-state index contributed by atoms with van der Waals surface area (Å²) < 4.78 is 45.5. The SMILES string of the molecule is COCC1(CNS(=O)(=O)c2cccc(F)c2)CCNCC1. The molecule has 5 nitrogen and oxygen atoms in total. The third-order valence-corrected chi connectivity index (χ3v) is 5.26. The number of hydrogen-bond donors (Lipinski definition) is 2. The van der Waals surface area contributed by atoms with E-state index >= 15 is 0 Å². The van der Waals surface area contributed by atoms with Gasteiger partial charge in [-0.15, -0.1) is 0 Å². The molecule has 1 aliphatic heterocycles. The average Bonchev–Trinajstić information content (AvgIpc) is 2.47. The molecule has 1 saturated heterocycles. The van der Waals surface area contributed by atoms with Crippen molar-refractivity contribution in [1.82, 2.24) is 10.0 Å². The Morgan fingerprint density at radius 1 is 1.38 bits per heavy atom. The molecule has 0 radical (unpaired) electrons. The number of methoxy groups -OCH3 is 1. The van der Waals surface area contributed by atoms with E-state index in [1.54, 1.807) is 7.11 Å². The molecule has 0 spiro atoms. The molecule has 0 bridgehead atoms. The summed E-state index contributed by atoms with van der Waals surface area (Å²) >= 11 is 0. The van der Waals surface area contributed by atoms with Gasteiger partial charge in [0.1, 0.15) is 5.82 Å². The van der Waals surface area contributed by atoms with Crippen LogP contribution in [0.5, 0.6) is 0 Å². The second-order valence-electron chi connectivity index (χ2n) is 5.46. The number of rotatable bonds is 6. The van der Waals surface area contributed by atoms with E-state index in [1.165, 1.54) is 18.2 Å². The van der Waals surface area contributed by atoms with E-state index < -0.39 is 15.8 Å². The van der Waals surface area contributed by atoms with Gasteiger partial charge in [-0.25, -0.2) is 17.5 Å². The minimum Gasteiger partial charge on any atom is -0.384 e. The Morgan fingerprint density at radius 3 is 2.71 bits per heavy atom. The molecule has 2 rings (SSSR count). The lowest BCUT2D eigenvalue weighted by Crippen LogP contribution is -2.47. The van der Waals surface area contributed by atoms with Crippen LogP contribution in [0, 0.1) is 11.2 Å². The summed E-state index contributed by atoms with van der Waals surface area (Å²) in [7, 11) is -2.09. The lowest BCUT2D eigenvalue weighted by Gasteiger charge is -2.37. The quantitative estimate of drug-likeness (QED) is 0.825. The smallest absolute Gasteiger partial charge is 0.240 e. The van der Waals surface area contributed by atoms with E-state index in [0.717, 1.165) is 32.0 Å². The van der Waals surface area contributed by atoms with Crippen molar-refractivity contribution in [2.45, 2.75) is 17.7 Å². The van der Waals surface area contributed by atoms with Gasteiger partial charge >= 0.3 is 0 Å². The van der Waals surface area contributed by atoms with Gasteiger partial charge in [0.15, 0.2) is 0 Å². The van der Waals surface area contributed by atoms with E-state index in [0.29, 0.717) is 13.2 Å². The maximum atomic E-state index is 13.2. The maximum absolute atomic E-state index is 13.2. The summed E-state index contributed by atoms with van der Waals surface area (Å²) in [5.74, 6) is -0.564. The number of benzene rings is 1. The van der Waals surface area contributed by atoms with Crippen LogP contribution in [-0.4, -0.2) is 41.8 Å². The monoisotopic (exact) mass is 316 g/mol. The Labute approximate surface area is 124 Å². The Hall–Kier alpha value is -1.02. The van der Waals surface area contributed by atoms with Crippen LogP contribution in [0.25, 0.3) is 0 Å². The fraction of sp³-hybridized carbons (Fsp3) is 0.571. The van der Waals surface area contributed by atoms with Crippen molar-refractivity contribution in [3.8, 4) is 0 Å². The van der Waals surface area contributed by atoms with E-state index in [1.807, 2.05) is 0 Å². The van der Waals surface area contributed by atoms with E-state index in [9.17, 15) is 12.8 Å². The predicted octanol–water partition coefficient (Wildman–Crippen LogP) is 1.12. The second kappa shape index (κ2) is 6.83. The standard InChI is InChI=1S/C14H21FN2O3S/c1-20-11-14(5-7-16-8-6-14)10-17-21(18,19)13-4-2-3-12(15)9-13/h2-4,9,16-17H,5-8,10-11H2,1H3. The first kappa shape index (κ1) is 16.4. The van der Waals surface area contributed by atoms with Crippen molar-refractivity contribution in [1.29, 1.82) is 0 Å². The van der Waals surface area contributed by atoms with Crippen molar-refractivity contribution in [2.24, 2.45) is 5.41 Å². The van der Waals surface area contributed by atoms with Crippen LogP contribution >= 0.6 is 0 Å². The highest BCUT2D eigenvalue weighted by molar-refractivity contribution is 7.89. The van der Waals surface area contributed by atoms with Gasteiger partial charge in [0, 0.05) is 19.1 Å². The highest BCUT2D eigenvalue weighted by atomic mass is 32.2. The Balaban J connectivity index is 2.09. The first-order valence-corrected chi connectivity index (χ1v) is 8.41. The molecule has 118 valence electrons. The Bertz CT molecular complexity index is 566. The third kappa shape index (κ3) is 4.23. The molecule has 1 fully saturated rings. The minimum atomic E-state index is -3.70. The zero-order valence-corrected chi connectivity index (χ0v) is 12.9. The van der Waals surface area contributed by atoms with Crippen LogP contribution in [0.15, 0.2) is 29.2 Å². The summed E-state index contributed by atoms with van der Waals surface area (Å²) in [5, 5.41) is 3.25. The van der Waals surface area contributed by atoms with Crippen LogP contribution in [0.3, 0.4) is 0 Å². The molecule has 0 unspecified atom stereocenters. The number of nitrogens with one attached hydrogen (secondary N) is 2. The molecule has 7 heteroatoms. The van der Waals surface area contributed by atoms with Crippen molar-refractivity contribution in [3.05, 3.63) is 30.1 Å². The molecular weight excluding hydrogens is 295 g/mol. The molecule has 0 aliphatic carbocycles. The molecule has 21 heavy (non-hydrogen) atoms. The van der Waals surface area contributed by atoms with Gasteiger partial charge in [-0.3, -0.25) is 0 Å². The fourth-order valence-corrected chi connectivity index (χ4v) is 3.79. The minimum absolute atomic E-state index is 0.0519. The van der Waals surface area contributed by atoms with Crippen LogP contribution in [0.2, 0.25) is 0 Å². The second-order valence-corrected chi connectivity index (χ2v) is 7.23. The highest BCUT2D eigenvalue weighted by Crippen LogP contribution is 2.28. The summed E-state index contributed by atoms with van der Waals surface area (Å²) in [6, 6.07) is 5.02. The third-order valence-electron chi connectivity index (χ3n) is 3.86. The number of sulfonamides is 1. The van der Waals surface area contributed by atoms with Crippen LogP contribution < -0.4 is 10.0 Å². The Kier molecular flexibility index (Phi) is 5.32. The van der Waals surface area contributed by atoms with Crippen LogP contribution in [0.4, 0.5) is 4.39 Å². The number of halogens is 1. The average molecular weight is 316 g/mol. The number of hydrogen-bond acceptors (Lipinski definition) is 4. The summed E-state index contributed by atoms with van der Waals surface area (Å²) in [4.78, 5) is -0.0519. The molecule has 0 amide bonds. The van der Waals surface area contributed by atoms with E-state index in [2.05, 4.69) is 10.0 Å². The molecule has 1 aliphatic rings. The molecule has 0 saturated carbocycles.